The summed E-state index contributed by atoms with van der Waals surface area (Å²) in [5, 5.41) is 11.4. The average Bonchev–Trinajstić information content (AvgIpc) is 3.10. The van der Waals surface area contributed by atoms with E-state index in [9.17, 15) is 9.59 Å². The lowest BCUT2D eigenvalue weighted by molar-refractivity contribution is 0.0689. The number of aromatic nitrogens is 3. The Morgan fingerprint density at radius 1 is 1.00 bits per heavy atom. The SMILES string of the molecule is O=C(O)c1cnc(C(=O)Nc2ccc(N3CCCC3)cn2)cn1. The summed E-state index contributed by atoms with van der Waals surface area (Å²) in [5.74, 6) is -1.28. The normalized spacial score (nSPS) is 13.8. The molecule has 8 nitrogen and oxygen atoms in total. The maximum absolute atomic E-state index is 12.0. The molecule has 3 heterocycles. The van der Waals surface area contributed by atoms with E-state index in [0.717, 1.165) is 31.2 Å². The smallest absolute Gasteiger partial charge is 0.356 e. The molecule has 1 aliphatic heterocycles. The van der Waals surface area contributed by atoms with Crippen LogP contribution >= 0.6 is 0 Å². The quantitative estimate of drug-likeness (QED) is 0.878. The first-order chi connectivity index (χ1) is 11.1. The highest BCUT2D eigenvalue weighted by atomic mass is 16.4. The average molecular weight is 313 g/mol. The molecule has 23 heavy (non-hydrogen) atoms. The van der Waals surface area contributed by atoms with Gasteiger partial charge in [-0.1, -0.05) is 0 Å². The summed E-state index contributed by atoms with van der Waals surface area (Å²) >= 11 is 0. The first-order valence-corrected chi connectivity index (χ1v) is 7.21. The zero-order valence-electron chi connectivity index (χ0n) is 12.3. The van der Waals surface area contributed by atoms with Gasteiger partial charge in [0.05, 0.1) is 24.3 Å². The van der Waals surface area contributed by atoms with Gasteiger partial charge in [-0.25, -0.2) is 19.7 Å². The van der Waals surface area contributed by atoms with Gasteiger partial charge in [-0.05, 0) is 25.0 Å². The molecular formula is C15H15N5O3. The number of rotatable bonds is 4. The highest BCUT2D eigenvalue weighted by molar-refractivity contribution is 6.02. The van der Waals surface area contributed by atoms with Crippen LogP contribution in [0.4, 0.5) is 11.5 Å². The van der Waals surface area contributed by atoms with Crippen LogP contribution in [0.2, 0.25) is 0 Å². The molecule has 0 aliphatic carbocycles. The van der Waals surface area contributed by atoms with Crippen molar-refractivity contribution < 1.29 is 14.7 Å². The Hall–Kier alpha value is -3.03. The molecule has 0 spiro atoms. The van der Waals surface area contributed by atoms with E-state index in [1.165, 1.54) is 12.8 Å². The van der Waals surface area contributed by atoms with E-state index >= 15 is 0 Å². The van der Waals surface area contributed by atoms with E-state index in [1.807, 2.05) is 6.07 Å². The van der Waals surface area contributed by atoms with E-state index in [1.54, 1.807) is 12.3 Å². The second kappa shape index (κ2) is 6.39. The number of hydrogen-bond donors (Lipinski definition) is 2. The molecule has 0 atom stereocenters. The number of carbonyl (C=O) groups is 2. The minimum Gasteiger partial charge on any atom is -0.476 e. The van der Waals surface area contributed by atoms with E-state index in [-0.39, 0.29) is 11.4 Å². The van der Waals surface area contributed by atoms with Crippen LogP contribution in [0, 0.1) is 0 Å². The van der Waals surface area contributed by atoms with Gasteiger partial charge in [-0.2, -0.15) is 0 Å². The Labute approximate surface area is 132 Å². The van der Waals surface area contributed by atoms with E-state index < -0.39 is 11.9 Å². The summed E-state index contributed by atoms with van der Waals surface area (Å²) < 4.78 is 0. The number of anilines is 2. The Balaban J connectivity index is 1.66. The summed E-state index contributed by atoms with van der Waals surface area (Å²) in [7, 11) is 0. The molecule has 2 aromatic rings. The van der Waals surface area contributed by atoms with E-state index in [0.29, 0.717) is 5.82 Å². The third kappa shape index (κ3) is 3.42. The maximum Gasteiger partial charge on any atom is 0.356 e. The minimum absolute atomic E-state index is 0.0282. The highest BCUT2D eigenvalue weighted by Gasteiger charge is 2.14. The van der Waals surface area contributed by atoms with Crippen molar-refractivity contribution in [1.82, 2.24) is 15.0 Å². The highest BCUT2D eigenvalue weighted by Crippen LogP contribution is 2.20. The molecule has 118 valence electrons. The zero-order valence-corrected chi connectivity index (χ0v) is 12.3. The Bertz CT molecular complexity index is 709. The summed E-state index contributed by atoms with van der Waals surface area (Å²) in [6.07, 6.45) is 6.26. The summed E-state index contributed by atoms with van der Waals surface area (Å²) in [6, 6.07) is 3.64. The molecule has 8 heteroatoms. The van der Waals surface area contributed by atoms with Crippen molar-refractivity contribution in [3.63, 3.8) is 0 Å². The Morgan fingerprint density at radius 2 is 1.70 bits per heavy atom. The van der Waals surface area contributed by atoms with Gasteiger partial charge in [-0.3, -0.25) is 4.79 Å². The molecule has 0 saturated carbocycles. The lowest BCUT2D eigenvalue weighted by atomic mass is 10.3. The van der Waals surface area contributed by atoms with Crippen LogP contribution in [0.3, 0.4) is 0 Å². The van der Waals surface area contributed by atoms with Gasteiger partial charge >= 0.3 is 5.97 Å². The van der Waals surface area contributed by atoms with Crippen molar-refractivity contribution in [2.75, 3.05) is 23.3 Å². The van der Waals surface area contributed by atoms with Crippen molar-refractivity contribution in [2.45, 2.75) is 12.8 Å². The van der Waals surface area contributed by atoms with E-state index in [2.05, 4.69) is 25.2 Å². The second-order valence-electron chi connectivity index (χ2n) is 5.14. The standard InChI is InChI=1S/C15H15N5O3/c21-14(11-8-17-12(9-16-11)15(22)23)19-13-4-3-10(7-18-13)20-5-1-2-6-20/h3-4,7-9H,1-2,5-6H2,(H,22,23)(H,18,19,21). The number of aromatic carboxylic acids is 1. The van der Waals surface area contributed by atoms with Crippen LogP contribution in [0.25, 0.3) is 0 Å². The predicted molar refractivity (Wildman–Crippen MR) is 82.6 cm³/mol. The molecule has 0 unspecified atom stereocenters. The number of amides is 1. The van der Waals surface area contributed by atoms with Gasteiger partial charge in [-0.15, -0.1) is 0 Å². The van der Waals surface area contributed by atoms with Gasteiger partial charge in [0.25, 0.3) is 5.91 Å². The van der Waals surface area contributed by atoms with E-state index in [4.69, 9.17) is 5.11 Å². The van der Waals surface area contributed by atoms with Gasteiger partial charge in [0.1, 0.15) is 11.5 Å². The van der Waals surface area contributed by atoms with Gasteiger partial charge in [0.15, 0.2) is 5.69 Å². The van der Waals surface area contributed by atoms with Gasteiger partial charge in [0.2, 0.25) is 0 Å². The Kier molecular flexibility index (Phi) is 4.13. The van der Waals surface area contributed by atoms with Crippen LogP contribution in [0.5, 0.6) is 0 Å². The van der Waals surface area contributed by atoms with Crippen molar-refractivity contribution in [2.24, 2.45) is 0 Å². The molecule has 1 aliphatic rings. The van der Waals surface area contributed by atoms with Gasteiger partial charge < -0.3 is 15.3 Å². The largest absolute Gasteiger partial charge is 0.476 e. The van der Waals surface area contributed by atoms with Crippen molar-refractivity contribution in [1.29, 1.82) is 0 Å². The molecule has 2 N–H and O–H groups in total. The monoisotopic (exact) mass is 313 g/mol. The fourth-order valence-electron chi connectivity index (χ4n) is 2.36. The molecule has 1 fully saturated rings. The molecule has 0 aromatic carbocycles. The third-order valence-electron chi connectivity index (χ3n) is 3.56. The van der Waals surface area contributed by atoms with Crippen LogP contribution in [-0.4, -0.2) is 45.0 Å². The van der Waals surface area contributed by atoms with Crippen molar-refractivity contribution in [3.8, 4) is 0 Å². The van der Waals surface area contributed by atoms with Crippen LogP contribution in [-0.2, 0) is 0 Å². The predicted octanol–water partition coefficient (Wildman–Crippen LogP) is 1.42. The number of nitrogens with one attached hydrogen (secondary N) is 1. The summed E-state index contributed by atoms with van der Waals surface area (Å²) in [5.41, 5.74) is 0.848. The Morgan fingerprint density at radius 3 is 2.26 bits per heavy atom. The van der Waals surface area contributed by atoms with Crippen molar-refractivity contribution in [3.05, 3.63) is 42.1 Å². The molecule has 3 rings (SSSR count). The molecule has 1 amide bonds. The lowest BCUT2D eigenvalue weighted by Gasteiger charge is -2.17. The third-order valence-corrected chi connectivity index (χ3v) is 3.56. The molecule has 2 aromatic heterocycles. The number of nitrogens with zero attached hydrogens (tertiary/aromatic N) is 4. The van der Waals surface area contributed by atoms with Crippen LogP contribution in [0.15, 0.2) is 30.7 Å². The number of carboxylic acid groups (broad SMARTS) is 1. The fraction of sp³-hybridized carbons (Fsp3) is 0.267. The summed E-state index contributed by atoms with van der Waals surface area (Å²) in [4.78, 5) is 36.6. The first kappa shape index (κ1) is 14.9. The summed E-state index contributed by atoms with van der Waals surface area (Å²) in [6.45, 7) is 2.05. The van der Waals surface area contributed by atoms with Crippen LogP contribution in [0.1, 0.15) is 33.8 Å². The number of hydrogen-bond acceptors (Lipinski definition) is 6. The second-order valence-corrected chi connectivity index (χ2v) is 5.14. The molecular weight excluding hydrogens is 298 g/mol. The van der Waals surface area contributed by atoms with Gasteiger partial charge in [0, 0.05) is 13.1 Å². The molecule has 0 bridgehead atoms. The zero-order chi connectivity index (χ0) is 16.2. The maximum atomic E-state index is 12.0. The fourth-order valence-corrected chi connectivity index (χ4v) is 2.36. The number of carboxylic acids is 1. The topological polar surface area (TPSA) is 108 Å². The van der Waals surface area contributed by atoms with Crippen molar-refractivity contribution >= 4 is 23.4 Å². The molecule has 1 saturated heterocycles. The first-order valence-electron chi connectivity index (χ1n) is 7.21. The van der Waals surface area contributed by atoms with Crippen LogP contribution < -0.4 is 10.2 Å². The number of pyridine rings is 1. The minimum atomic E-state index is -1.19. The lowest BCUT2D eigenvalue weighted by Crippen LogP contribution is -2.18. The molecule has 0 radical (unpaired) electrons. The number of carbonyl (C=O) groups excluding carboxylic acids is 1.